The molecule has 0 aliphatic heterocycles. The minimum absolute atomic E-state index is 0.166. The lowest BCUT2D eigenvalue weighted by Gasteiger charge is -2.23. The summed E-state index contributed by atoms with van der Waals surface area (Å²) in [6, 6.07) is 7.17. The lowest BCUT2D eigenvalue weighted by molar-refractivity contribution is -0.122. The van der Waals surface area contributed by atoms with Crippen molar-refractivity contribution < 1.29 is 9.53 Å². The van der Waals surface area contributed by atoms with Crippen LogP contribution < -0.4 is 15.8 Å². The third-order valence-corrected chi connectivity index (χ3v) is 2.26. The van der Waals surface area contributed by atoms with Gasteiger partial charge in [0.25, 0.3) is 0 Å². The van der Waals surface area contributed by atoms with Gasteiger partial charge in [-0.25, -0.2) is 0 Å². The summed E-state index contributed by atoms with van der Waals surface area (Å²) in [5.41, 5.74) is 6.18. The van der Waals surface area contributed by atoms with Gasteiger partial charge in [-0.05, 0) is 33.8 Å². The van der Waals surface area contributed by atoms with Gasteiger partial charge in [0, 0.05) is 12.1 Å². The average Bonchev–Trinajstić information content (AvgIpc) is 2.25. The first-order chi connectivity index (χ1) is 8.29. The summed E-state index contributed by atoms with van der Waals surface area (Å²) in [5, 5.41) is 2.78. The molecule has 0 aliphatic rings. The molecule has 18 heavy (non-hydrogen) atoms. The summed E-state index contributed by atoms with van der Waals surface area (Å²) < 4.78 is 5.84. The Hall–Kier alpha value is -1.55. The van der Waals surface area contributed by atoms with Crippen molar-refractivity contribution in [2.45, 2.75) is 45.9 Å². The molecule has 4 nitrogen and oxygen atoms in total. The normalized spacial score (nSPS) is 12.9. The molecule has 1 rings (SSSR count). The number of amides is 1. The van der Waals surface area contributed by atoms with Crippen molar-refractivity contribution in [1.82, 2.24) is 5.32 Å². The third kappa shape index (κ3) is 4.75. The Kier molecular flexibility index (Phi) is 4.73. The van der Waals surface area contributed by atoms with Crippen molar-refractivity contribution in [3.8, 4) is 5.75 Å². The largest absolute Gasteiger partial charge is 0.488 e. The number of hydrogen-bond acceptors (Lipinski definition) is 3. The molecular weight excluding hydrogens is 228 g/mol. The van der Waals surface area contributed by atoms with E-state index in [1.165, 1.54) is 0 Å². The number of nitrogens with two attached hydrogens (primary N) is 1. The van der Waals surface area contributed by atoms with Crippen molar-refractivity contribution >= 4 is 5.91 Å². The molecule has 3 N–H and O–H groups in total. The first-order valence-corrected chi connectivity index (χ1v) is 6.10. The van der Waals surface area contributed by atoms with E-state index in [1.807, 2.05) is 45.0 Å². The molecule has 100 valence electrons. The van der Waals surface area contributed by atoms with Gasteiger partial charge in [0.2, 0.25) is 5.91 Å². The monoisotopic (exact) mass is 250 g/mol. The van der Waals surface area contributed by atoms with E-state index in [0.717, 1.165) is 11.3 Å². The van der Waals surface area contributed by atoms with Crippen molar-refractivity contribution in [2.24, 2.45) is 5.73 Å². The fraction of sp³-hybridized carbons (Fsp3) is 0.500. The van der Waals surface area contributed by atoms with Crippen LogP contribution >= 0.6 is 0 Å². The Morgan fingerprint density at radius 3 is 2.56 bits per heavy atom. The standard InChI is InChI=1S/C14H22N2O2/c1-10(15)13(17)16-9-11-7-5-6-8-12(11)18-14(2,3)4/h5-8,10H,9,15H2,1-4H3,(H,16,17). The molecule has 4 heteroatoms. The fourth-order valence-corrected chi connectivity index (χ4v) is 1.42. The maximum absolute atomic E-state index is 11.4. The second-order valence-corrected chi connectivity index (χ2v) is 5.33. The number of benzene rings is 1. The van der Waals surface area contributed by atoms with E-state index >= 15 is 0 Å². The Balaban J connectivity index is 2.74. The quantitative estimate of drug-likeness (QED) is 0.856. The molecule has 1 aromatic rings. The van der Waals surface area contributed by atoms with Crippen LogP contribution in [0.15, 0.2) is 24.3 Å². The summed E-state index contributed by atoms with van der Waals surface area (Å²) in [7, 11) is 0. The predicted molar refractivity (Wildman–Crippen MR) is 72.3 cm³/mol. The van der Waals surface area contributed by atoms with Crippen molar-refractivity contribution in [3.05, 3.63) is 29.8 Å². The molecule has 0 saturated carbocycles. The van der Waals surface area contributed by atoms with E-state index < -0.39 is 6.04 Å². The Morgan fingerprint density at radius 1 is 1.39 bits per heavy atom. The maximum atomic E-state index is 11.4. The number of carbonyl (C=O) groups is 1. The van der Waals surface area contributed by atoms with E-state index in [0.29, 0.717) is 6.54 Å². The van der Waals surface area contributed by atoms with Gasteiger partial charge in [0.05, 0.1) is 6.04 Å². The summed E-state index contributed by atoms with van der Waals surface area (Å²) in [5.74, 6) is 0.621. The molecule has 0 fully saturated rings. The van der Waals surface area contributed by atoms with Crippen LogP contribution in [0.5, 0.6) is 5.75 Å². The zero-order valence-corrected chi connectivity index (χ0v) is 11.5. The average molecular weight is 250 g/mol. The highest BCUT2D eigenvalue weighted by Crippen LogP contribution is 2.22. The zero-order chi connectivity index (χ0) is 13.8. The molecule has 0 saturated heterocycles. The minimum Gasteiger partial charge on any atom is -0.488 e. The molecule has 0 aliphatic carbocycles. The van der Waals surface area contributed by atoms with E-state index in [2.05, 4.69) is 5.32 Å². The number of nitrogens with one attached hydrogen (secondary N) is 1. The van der Waals surface area contributed by atoms with Gasteiger partial charge in [-0.3, -0.25) is 4.79 Å². The zero-order valence-electron chi connectivity index (χ0n) is 11.5. The topological polar surface area (TPSA) is 64.4 Å². The molecule has 0 aromatic heterocycles. The first kappa shape index (κ1) is 14.5. The Bertz CT molecular complexity index is 409. The second-order valence-electron chi connectivity index (χ2n) is 5.33. The molecule has 0 heterocycles. The first-order valence-electron chi connectivity index (χ1n) is 6.10. The van der Waals surface area contributed by atoms with Gasteiger partial charge < -0.3 is 15.8 Å². The van der Waals surface area contributed by atoms with E-state index in [4.69, 9.17) is 10.5 Å². The van der Waals surface area contributed by atoms with Crippen LogP contribution in [0, 0.1) is 0 Å². The number of hydrogen-bond donors (Lipinski definition) is 2. The number of carbonyl (C=O) groups excluding carboxylic acids is 1. The Labute approximate surface area is 109 Å². The van der Waals surface area contributed by atoms with E-state index in [9.17, 15) is 4.79 Å². The van der Waals surface area contributed by atoms with Crippen LogP contribution in [0.25, 0.3) is 0 Å². The van der Waals surface area contributed by atoms with Crippen molar-refractivity contribution in [3.63, 3.8) is 0 Å². The predicted octanol–water partition coefficient (Wildman–Crippen LogP) is 1.83. The highest BCUT2D eigenvalue weighted by atomic mass is 16.5. The van der Waals surface area contributed by atoms with Gasteiger partial charge >= 0.3 is 0 Å². The van der Waals surface area contributed by atoms with Crippen molar-refractivity contribution in [1.29, 1.82) is 0 Å². The highest BCUT2D eigenvalue weighted by molar-refractivity contribution is 5.80. The summed E-state index contributed by atoms with van der Waals surface area (Å²) in [4.78, 5) is 11.4. The summed E-state index contributed by atoms with van der Waals surface area (Å²) in [6.45, 7) is 8.05. The Morgan fingerprint density at radius 2 is 2.00 bits per heavy atom. The SMILES string of the molecule is CC(N)C(=O)NCc1ccccc1OC(C)(C)C. The smallest absolute Gasteiger partial charge is 0.236 e. The van der Waals surface area contributed by atoms with E-state index in [1.54, 1.807) is 6.92 Å². The molecular formula is C14H22N2O2. The van der Waals surface area contributed by atoms with Crippen LogP contribution in [-0.2, 0) is 11.3 Å². The van der Waals surface area contributed by atoms with Crippen molar-refractivity contribution in [2.75, 3.05) is 0 Å². The van der Waals surface area contributed by atoms with Crippen LogP contribution in [0.1, 0.15) is 33.3 Å². The van der Waals surface area contributed by atoms with Gasteiger partial charge in [0.1, 0.15) is 11.4 Å². The fourth-order valence-electron chi connectivity index (χ4n) is 1.42. The molecule has 0 radical (unpaired) electrons. The minimum atomic E-state index is -0.499. The van der Waals surface area contributed by atoms with Gasteiger partial charge in [-0.2, -0.15) is 0 Å². The van der Waals surface area contributed by atoms with E-state index in [-0.39, 0.29) is 11.5 Å². The van der Waals surface area contributed by atoms with Crippen LogP contribution in [-0.4, -0.2) is 17.6 Å². The molecule has 1 atom stereocenters. The van der Waals surface area contributed by atoms with Gasteiger partial charge in [-0.1, -0.05) is 18.2 Å². The van der Waals surface area contributed by atoms with Crippen LogP contribution in [0.2, 0.25) is 0 Å². The lowest BCUT2D eigenvalue weighted by atomic mass is 10.1. The lowest BCUT2D eigenvalue weighted by Crippen LogP contribution is -2.38. The number of para-hydroxylation sites is 1. The van der Waals surface area contributed by atoms with Crippen LogP contribution in [0.4, 0.5) is 0 Å². The summed E-state index contributed by atoms with van der Waals surface area (Å²) in [6.07, 6.45) is 0. The van der Waals surface area contributed by atoms with Crippen LogP contribution in [0.3, 0.4) is 0 Å². The molecule has 0 bridgehead atoms. The molecule has 1 aromatic carbocycles. The van der Waals surface area contributed by atoms with Gasteiger partial charge in [-0.15, -0.1) is 0 Å². The number of ether oxygens (including phenoxy) is 1. The third-order valence-electron chi connectivity index (χ3n) is 2.26. The molecule has 1 unspecified atom stereocenters. The summed E-state index contributed by atoms with van der Waals surface area (Å²) >= 11 is 0. The highest BCUT2D eigenvalue weighted by Gasteiger charge is 2.15. The van der Waals surface area contributed by atoms with Gasteiger partial charge in [0.15, 0.2) is 0 Å². The number of rotatable bonds is 4. The molecule has 0 spiro atoms. The maximum Gasteiger partial charge on any atom is 0.236 e. The second kappa shape index (κ2) is 5.87. The molecule has 1 amide bonds.